The van der Waals surface area contributed by atoms with Crippen molar-refractivity contribution in [2.24, 2.45) is 0 Å². The number of aromatic nitrogens is 2. The molecule has 5 nitrogen and oxygen atoms in total. The third-order valence-electron chi connectivity index (χ3n) is 5.22. The topological polar surface area (TPSA) is 50.2 Å². The Morgan fingerprint density at radius 3 is 3.33 bits per heavy atom. The van der Waals surface area contributed by atoms with Gasteiger partial charge in [-0.2, -0.15) is 0 Å². The van der Waals surface area contributed by atoms with E-state index < -0.39 is 0 Å². The van der Waals surface area contributed by atoms with Gasteiger partial charge in [0.05, 0.1) is 6.04 Å². The molecule has 0 aliphatic carbocycles. The van der Waals surface area contributed by atoms with Crippen molar-refractivity contribution < 1.29 is 4.79 Å². The van der Waals surface area contributed by atoms with E-state index in [9.17, 15) is 4.79 Å². The first kappa shape index (κ1) is 15.8. The fourth-order valence-electron chi connectivity index (χ4n) is 3.82. The van der Waals surface area contributed by atoms with Crippen LogP contribution in [0.5, 0.6) is 0 Å². The summed E-state index contributed by atoms with van der Waals surface area (Å²) in [6.07, 6.45) is 7.26. The largest absolute Gasteiger partial charge is 0.337 e. The van der Waals surface area contributed by atoms with E-state index in [1.54, 1.807) is 0 Å². The second kappa shape index (κ2) is 6.69. The molecule has 0 radical (unpaired) electrons. The maximum Gasteiger partial charge on any atom is 0.239 e. The molecule has 0 unspecified atom stereocenters. The number of amides is 1. The van der Waals surface area contributed by atoms with Gasteiger partial charge < -0.3 is 14.8 Å². The van der Waals surface area contributed by atoms with Crippen molar-refractivity contribution >= 4 is 17.2 Å². The summed E-state index contributed by atoms with van der Waals surface area (Å²) in [6, 6.07) is 2.01. The van der Waals surface area contributed by atoms with Crippen LogP contribution in [0.25, 0.3) is 0 Å². The Morgan fingerprint density at radius 1 is 1.50 bits per heavy atom. The zero-order valence-corrected chi connectivity index (χ0v) is 14.9. The van der Waals surface area contributed by atoms with Crippen LogP contribution in [0.4, 0.5) is 0 Å². The van der Waals surface area contributed by atoms with Crippen LogP contribution in [-0.4, -0.2) is 39.5 Å². The molecule has 1 N–H and O–H groups in total. The van der Waals surface area contributed by atoms with Crippen LogP contribution in [0.15, 0.2) is 23.8 Å². The molecule has 1 amide bonds. The zero-order valence-electron chi connectivity index (χ0n) is 14.1. The van der Waals surface area contributed by atoms with Gasteiger partial charge in [0.15, 0.2) is 0 Å². The first-order valence-corrected chi connectivity index (χ1v) is 9.69. The van der Waals surface area contributed by atoms with E-state index in [0.717, 1.165) is 44.8 Å². The third kappa shape index (κ3) is 3.00. The van der Waals surface area contributed by atoms with Gasteiger partial charge in [0.1, 0.15) is 5.82 Å². The summed E-state index contributed by atoms with van der Waals surface area (Å²) in [7, 11) is 0. The SMILES string of the molecule is C[C@H](NC[C@@H]1CCCn2ccnc21)C(=O)N1CCc2sccc2C1. The Kier molecular flexibility index (Phi) is 4.41. The van der Waals surface area contributed by atoms with Crippen molar-refractivity contribution in [1.29, 1.82) is 0 Å². The average molecular weight is 344 g/mol. The predicted octanol–water partition coefficient (Wildman–Crippen LogP) is 2.39. The highest BCUT2D eigenvalue weighted by Gasteiger charge is 2.27. The van der Waals surface area contributed by atoms with E-state index in [4.69, 9.17) is 0 Å². The number of rotatable bonds is 4. The van der Waals surface area contributed by atoms with E-state index in [0.29, 0.717) is 5.92 Å². The van der Waals surface area contributed by atoms with Gasteiger partial charge in [-0.15, -0.1) is 11.3 Å². The van der Waals surface area contributed by atoms with Gasteiger partial charge in [-0.3, -0.25) is 4.79 Å². The third-order valence-corrected chi connectivity index (χ3v) is 6.25. The lowest BCUT2D eigenvalue weighted by atomic mass is 9.98. The number of fused-ring (bicyclic) bond motifs is 2. The normalized spacial score (nSPS) is 21.2. The van der Waals surface area contributed by atoms with Gasteiger partial charge in [0.2, 0.25) is 5.91 Å². The standard InChI is InChI=1S/C18H24N4OS/c1-13(18(23)22-8-4-16-15(12-22)5-10-24-16)20-11-14-3-2-7-21-9-6-19-17(14)21/h5-6,9-10,13-14,20H,2-4,7-8,11-12H2,1H3/t13-,14-/m0/s1. The highest BCUT2D eigenvalue weighted by Crippen LogP contribution is 2.26. The van der Waals surface area contributed by atoms with E-state index in [1.165, 1.54) is 16.9 Å². The minimum absolute atomic E-state index is 0.143. The summed E-state index contributed by atoms with van der Waals surface area (Å²) in [5.41, 5.74) is 1.32. The van der Waals surface area contributed by atoms with Gasteiger partial charge in [-0.05, 0) is 43.2 Å². The van der Waals surface area contributed by atoms with Crippen molar-refractivity contribution in [2.75, 3.05) is 13.1 Å². The molecule has 2 aromatic heterocycles. The lowest BCUT2D eigenvalue weighted by molar-refractivity contribution is -0.134. The van der Waals surface area contributed by atoms with E-state index in [-0.39, 0.29) is 11.9 Å². The minimum atomic E-state index is -0.143. The quantitative estimate of drug-likeness (QED) is 0.926. The number of imidazole rings is 1. The fourth-order valence-corrected chi connectivity index (χ4v) is 4.71. The molecule has 0 saturated heterocycles. The van der Waals surface area contributed by atoms with Crippen LogP contribution < -0.4 is 5.32 Å². The Hall–Kier alpha value is -1.66. The van der Waals surface area contributed by atoms with Gasteiger partial charge in [-0.1, -0.05) is 0 Å². The van der Waals surface area contributed by atoms with E-state index >= 15 is 0 Å². The first-order chi connectivity index (χ1) is 11.7. The molecule has 0 bridgehead atoms. The smallest absolute Gasteiger partial charge is 0.239 e. The number of hydrogen-bond donors (Lipinski definition) is 1. The Balaban J connectivity index is 1.34. The van der Waals surface area contributed by atoms with Crippen molar-refractivity contribution in [3.05, 3.63) is 40.1 Å². The summed E-state index contributed by atoms with van der Waals surface area (Å²) in [5, 5.41) is 5.59. The predicted molar refractivity (Wildman–Crippen MR) is 95.1 cm³/mol. The fraction of sp³-hybridized carbons (Fsp3) is 0.556. The molecule has 0 fully saturated rings. The number of carbonyl (C=O) groups excluding carboxylic acids is 1. The lowest BCUT2D eigenvalue weighted by Crippen LogP contribution is -2.47. The second-order valence-corrected chi connectivity index (χ2v) is 7.83. The van der Waals surface area contributed by atoms with Gasteiger partial charge >= 0.3 is 0 Å². The van der Waals surface area contributed by atoms with Crippen LogP contribution in [-0.2, 0) is 24.3 Å². The molecule has 4 heterocycles. The van der Waals surface area contributed by atoms with Gasteiger partial charge in [0.25, 0.3) is 0 Å². The highest BCUT2D eigenvalue weighted by atomic mass is 32.1. The number of thiophene rings is 1. The summed E-state index contributed by atoms with van der Waals surface area (Å²) in [6.45, 7) is 5.48. The number of aryl methyl sites for hydroxylation is 1. The molecular formula is C18H24N4OS. The molecule has 2 aliphatic rings. The Bertz CT molecular complexity index is 722. The molecule has 0 aromatic carbocycles. The molecule has 128 valence electrons. The van der Waals surface area contributed by atoms with Crippen LogP contribution in [0.2, 0.25) is 0 Å². The van der Waals surface area contributed by atoms with Crippen LogP contribution in [0.1, 0.15) is 41.9 Å². The highest BCUT2D eigenvalue weighted by molar-refractivity contribution is 7.10. The monoisotopic (exact) mass is 344 g/mol. The van der Waals surface area contributed by atoms with Crippen molar-refractivity contribution in [1.82, 2.24) is 19.8 Å². The van der Waals surface area contributed by atoms with Crippen LogP contribution in [0, 0.1) is 0 Å². The van der Waals surface area contributed by atoms with E-state index in [2.05, 4.69) is 32.5 Å². The molecule has 0 saturated carbocycles. The van der Waals surface area contributed by atoms with Crippen molar-refractivity contribution in [3.63, 3.8) is 0 Å². The number of carbonyl (C=O) groups is 1. The molecule has 6 heteroatoms. The van der Waals surface area contributed by atoms with Crippen LogP contribution >= 0.6 is 11.3 Å². The molecule has 2 aliphatic heterocycles. The van der Waals surface area contributed by atoms with Gasteiger partial charge in [-0.25, -0.2) is 4.98 Å². The number of nitrogens with one attached hydrogen (secondary N) is 1. The van der Waals surface area contributed by atoms with Crippen LogP contribution in [0.3, 0.4) is 0 Å². The summed E-state index contributed by atoms with van der Waals surface area (Å²) in [4.78, 5) is 20.7. The lowest BCUT2D eigenvalue weighted by Gasteiger charge is -2.31. The number of nitrogens with zero attached hydrogens (tertiary/aromatic N) is 3. The molecule has 4 rings (SSSR count). The number of hydrogen-bond acceptors (Lipinski definition) is 4. The summed E-state index contributed by atoms with van der Waals surface area (Å²) >= 11 is 1.81. The molecule has 24 heavy (non-hydrogen) atoms. The first-order valence-electron chi connectivity index (χ1n) is 8.81. The molecule has 0 spiro atoms. The molecule has 2 aromatic rings. The molecule has 2 atom stereocenters. The average Bonchev–Trinajstić information content (AvgIpc) is 3.26. The zero-order chi connectivity index (χ0) is 16.5. The summed E-state index contributed by atoms with van der Waals surface area (Å²) in [5.74, 6) is 1.79. The summed E-state index contributed by atoms with van der Waals surface area (Å²) < 4.78 is 2.24. The molecular weight excluding hydrogens is 320 g/mol. The Morgan fingerprint density at radius 2 is 2.42 bits per heavy atom. The van der Waals surface area contributed by atoms with Crippen molar-refractivity contribution in [3.8, 4) is 0 Å². The second-order valence-electron chi connectivity index (χ2n) is 6.83. The maximum absolute atomic E-state index is 12.7. The Labute approximate surface area is 146 Å². The van der Waals surface area contributed by atoms with Gasteiger partial charge in [0, 0.05) is 49.4 Å². The minimum Gasteiger partial charge on any atom is -0.337 e. The maximum atomic E-state index is 12.7. The van der Waals surface area contributed by atoms with E-state index in [1.807, 2.05) is 29.4 Å². The van der Waals surface area contributed by atoms with Crippen molar-refractivity contribution in [2.45, 2.75) is 51.2 Å².